The normalized spacial score (nSPS) is 11.4. The number of rotatable bonds is 6. The standard InChI is InChI=1S/C23H19BrN2O2/c1-28-22-15-13-19(16-20(22)24)23(27)26-25-21(18-10-6-3-7-11-18)14-12-17-8-4-2-5-9-17/h2-16H,1H3,(H,26,27)/b14-12-,25-21?. The van der Waals surface area contributed by atoms with E-state index in [9.17, 15) is 4.79 Å². The van der Waals surface area contributed by atoms with Gasteiger partial charge >= 0.3 is 0 Å². The second kappa shape index (κ2) is 9.67. The molecule has 1 N–H and O–H groups in total. The Bertz CT molecular complexity index is 1000. The van der Waals surface area contributed by atoms with Crippen LogP contribution in [0.15, 0.2) is 94.5 Å². The van der Waals surface area contributed by atoms with Gasteiger partial charge in [0.15, 0.2) is 0 Å². The van der Waals surface area contributed by atoms with E-state index in [0.29, 0.717) is 21.5 Å². The maximum atomic E-state index is 12.5. The van der Waals surface area contributed by atoms with Crippen molar-refractivity contribution >= 4 is 33.6 Å². The minimum atomic E-state index is -0.301. The van der Waals surface area contributed by atoms with Crippen LogP contribution in [0.4, 0.5) is 0 Å². The van der Waals surface area contributed by atoms with Gasteiger partial charge in [-0.1, -0.05) is 66.7 Å². The van der Waals surface area contributed by atoms with E-state index in [-0.39, 0.29) is 5.91 Å². The van der Waals surface area contributed by atoms with Crippen molar-refractivity contribution in [2.45, 2.75) is 0 Å². The lowest BCUT2D eigenvalue weighted by molar-refractivity contribution is 0.0955. The summed E-state index contributed by atoms with van der Waals surface area (Å²) in [7, 11) is 1.58. The number of carbonyl (C=O) groups excluding carboxylic acids is 1. The quantitative estimate of drug-likeness (QED) is 0.422. The highest BCUT2D eigenvalue weighted by Gasteiger charge is 2.09. The lowest BCUT2D eigenvalue weighted by Crippen LogP contribution is -2.19. The van der Waals surface area contributed by atoms with E-state index in [2.05, 4.69) is 26.5 Å². The predicted molar refractivity (Wildman–Crippen MR) is 117 cm³/mol. The third-order valence-corrected chi connectivity index (χ3v) is 4.61. The van der Waals surface area contributed by atoms with E-state index < -0.39 is 0 Å². The molecule has 0 atom stereocenters. The molecule has 0 saturated carbocycles. The average Bonchev–Trinajstić information content (AvgIpc) is 2.75. The van der Waals surface area contributed by atoms with E-state index in [1.54, 1.807) is 25.3 Å². The van der Waals surface area contributed by atoms with Gasteiger partial charge in [-0.2, -0.15) is 5.10 Å². The largest absolute Gasteiger partial charge is 0.496 e. The topological polar surface area (TPSA) is 50.7 Å². The van der Waals surface area contributed by atoms with E-state index in [1.165, 1.54) is 0 Å². The summed E-state index contributed by atoms with van der Waals surface area (Å²) in [6.07, 6.45) is 3.84. The number of nitrogens with one attached hydrogen (secondary N) is 1. The number of allylic oxidation sites excluding steroid dienone is 1. The molecule has 0 unspecified atom stereocenters. The van der Waals surface area contributed by atoms with E-state index >= 15 is 0 Å². The number of ether oxygens (including phenoxy) is 1. The number of hydrogen-bond donors (Lipinski definition) is 1. The van der Waals surface area contributed by atoms with Crippen LogP contribution < -0.4 is 10.2 Å². The van der Waals surface area contributed by atoms with Crippen molar-refractivity contribution < 1.29 is 9.53 Å². The molecule has 0 heterocycles. The Morgan fingerprint density at radius 3 is 2.29 bits per heavy atom. The Morgan fingerprint density at radius 1 is 0.964 bits per heavy atom. The summed E-state index contributed by atoms with van der Waals surface area (Å²) < 4.78 is 5.90. The molecule has 1 amide bonds. The molecule has 0 aliphatic heterocycles. The number of amides is 1. The van der Waals surface area contributed by atoms with Crippen LogP contribution in [0.3, 0.4) is 0 Å². The summed E-state index contributed by atoms with van der Waals surface area (Å²) in [4.78, 5) is 12.5. The number of hydrazone groups is 1. The summed E-state index contributed by atoms with van der Waals surface area (Å²) in [5.74, 6) is 0.362. The first-order valence-electron chi connectivity index (χ1n) is 8.67. The molecule has 0 aromatic heterocycles. The van der Waals surface area contributed by atoms with Gasteiger partial charge in [-0.3, -0.25) is 4.79 Å². The fraction of sp³-hybridized carbons (Fsp3) is 0.0435. The van der Waals surface area contributed by atoms with Gasteiger partial charge in [0.2, 0.25) is 0 Å². The summed E-state index contributed by atoms with van der Waals surface area (Å²) in [6, 6.07) is 24.8. The lowest BCUT2D eigenvalue weighted by Gasteiger charge is -2.07. The molecule has 0 fully saturated rings. The van der Waals surface area contributed by atoms with Crippen LogP contribution in [0.2, 0.25) is 0 Å². The molecule has 0 saturated heterocycles. The first-order chi connectivity index (χ1) is 13.7. The third-order valence-electron chi connectivity index (χ3n) is 3.99. The summed E-state index contributed by atoms with van der Waals surface area (Å²) in [6.45, 7) is 0. The molecule has 3 aromatic carbocycles. The van der Waals surface area contributed by atoms with Crippen LogP contribution in [0, 0.1) is 0 Å². The predicted octanol–water partition coefficient (Wildman–Crippen LogP) is 5.31. The van der Waals surface area contributed by atoms with Gasteiger partial charge in [0, 0.05) is 11.1 Å². The van der Waals surface area contributed by atoms with Crippen molar-refractivity contribution in [3.8, 4) is 5.75 Å². The zero-order valence-electron chi connectivity index (χ0n) is 15.3. The second-order valence-electron chi connectivity index (χ2n) is 5.90. The van der Waals surface area contributed by atoms with Gasteiger partial charge in [0.25, 0.3) is 5.91 Å². The molecule has 3 rings (SSSR count). The van der Waals surface area contributed by atoms with Gasteiger partial charge in [0.1, 0.15) is 5.75 Å². The lowest BCUT2D eigenvalue weighted by atomic mass is 10.1. The zero-order chi connectivity index (χ0) is 19.8. The molecule has 5 heteroatoms. The maximum absolute atomic E-state index is 12.5. The van der Waals surface area contributed by atoms with Gasteiger partial charge in [-0.05, 0) is 45.8 Å². The van der Waals surface area contributed by atoms with Crippen molar-refractivity contribution in [3.05, 3.63) is 106 Å². The van der Waals surface area contributed by atoms with E-state index in [0.717, 1.165) is 11.1 Å². The van der Waals surface area contributed by atoms with Crippen molar-refractivity contribution in [1.29, 1.82) is 0 Å². The number of halogens is 1. The maximum Gasteiger partial charge on any atom is 0.271 e. The minimum absolute atomic E-state index is 0.301. The fourth-order valence-corrected chi connectivity index (χ4v) is 3.07. The van der Waals surface area contributed by atoms with Crippen LogP contribution in [-0.2, 0) is 0 Å². The third kappa shape index (κ3) is 5.18. The minimum Gasteiger partial charge on any atom is -0.496 e. The highest BCUT2D eigenvalue weighted by Crippen LogP contribution is 2.25. The molecule has 3 aromatic rings. The zero-order valence-corrected chi connectivity index (χ0v) is 16.9. The highest BCUT2D eigenvalue weighted by atomic mass is 79.9. The van der Waals surface area contributed by atoms with Crippen LogP contribution in [0.5, 0.6) is 5.75 Å². The van der Waals surface area contributed by atoms with Crippen molar-refractivity contribution in [1.82, 2.24) is 5.43 Å². The molecule has 0 bridgehead atoms. The Kier molecular flexibility index (Phi) is 6.76. The molecule has 28 heavy (non-hydrogen) atoms. The highest BCUT2D eigenvalue weighted by molar-refractivity contribution is 9.10. The van der Waals surface area contributed by atoms with Gasteiger partial charge < -0.3 is 4.74 Å². The number of hydrogen-bond acceptors (Lipinski definition) is 3. The Labute approximate surface area is 172 Å². The first kappa shape index (κ1) is 19.6. The molecule has 140 valence electrons. The summed E-state index contributed by atoms with van der Waals surface area (Å²) in [5, 5.41) is 4.34. The summed E-state index contributed by atoms with van der Waals surface area (Å²) in [5.41, 5.74) is 5.74. The van der Waals surface area contributed by atoms with Gasteiger partial charge in [-0.15, -0.1) is 0 Å². The number of nitrogens with zero attached hydrogens (tertiary/aromatic N) is 1. The second-order valence-corrected chi connectivity index (χ2v) is 6.75. The Morgan fingerprint density at radius 2 is 1.64 bits per heavy atom. The van der Waals surface area contributed by atoms with Gasteiger partial charge in [-0.25, -0.2) is 5.43 Å². The summed E-state index contributed by atoms with van der Waals surface area (Å²) >= 11 is 3.39. The monoisotopic (exact) mass is 434 g/mol. The number of carbonyl (C=O) groups is 1. The van der Waals surface area contributed by atoms with Gasteiger partial charge in [0.05, 0.1) is 17.3 Å². The van der Waals surface area contributed by atoms with E-state index in [1.807, 2.05) is 72.8 Å². The molecule has 0 aliphatic rings. The molecule has 0 radical (unpaired) electrons. The molecule has 4 nitrogen and oxygen atoms in total. The van der Waals surface area contributed by atoms with Crippen LogP contribution in [0.1, 0.15) is 21.5 Å². The number of methoxy groups -OCH3 is 1. The fourth-order valence-electron chi connectivity index (χ4n) is 2.53. The van der Waals surface area contributed by atoms with Crippen LogP contribution >= 0.6 is 15.9 Å². The Hall–Kier alpha value is -3.18. The molecular weight excluding hydrogens is 416 g/mol. The molecular formula is C23H19BrN2O2. The van der Waals surface area contributed by atoms with Crippen molar-refractivity contribution in [2.24, 2.45) is 5.10 Å². The first-order valence-corrected chi connectivity index (χ1v) is 9.47. The smallest absolute Gasteiger partial charge is 0.271 e. The van der Waals surface area contributed by atoms with Crippen molar-refractivity contribution in [3.63, 3.8) is 0 Å². The van der Waals surface area contributed by atoms with Crippen molar-refractivity contribution in [2.75, 3.05) is 7.11 Å². The average molecular weight is 435 g/mol. The number of benzene rings is 3. The molecule has 0 aliphatic carbocycles. The van der Waals surface area contributed by atoms with Crippen LogP contribution in [0.25, 0.3) is 6.08 Å². The Balaban J connectivity index is 1.83. The molecule has 0 spiro atoms. The van der Waals surface area contributed by atoms with E-state index in [4.69, 9.17) is 4.74 Å². The SMILES string of the molecule is COc1ccc(C(=O)NN=C(/C=C\c2ccccc2)c2ccccc2)cc1Br. The van der Waals surface area contributed by atoms with Crippen LogP contribution in [-0.4, -0.2) is 18.7 Å².